The number of anilines is 1. The van der Waals surface area contributed by atoms with Gasteiger partial charge in [0.2, 0.25) is 5.91 Å². The van der Waals surface area contributed by atoms with E-state index in [-0.39, 0.29) is 11.7 Å². The molecule has 1 atom stereocenters. The minimum Gasteiger partial charge on any atom is -0.305 e. The molecule has 1 N–H and O–H groups in total. The molecule has 0 spiro atoms. The standard InChI is InChI=1S/C16H16FN5OS2/c1-9-8-24-15(18-9)19-14(23)10(2)25-16-21-20-13(22(16)3)11-6-4-5-7-12(11)17/h4-8,10H,1-3H3,(H,18,19,23). The zero-order chi connectivity index (χ0) is 18.0. The largest absolute Gasteiger partial charge is 0.305 e. The Morgan fingerprint density at radius 2 is 2.12 bits per heavy atom. The summed E-state index contributed by atoms with van der Waals surface area (Å²) in [6.45, 7) is 3.64. The van der Waals surface area contributed by atoms with Gasteiger partial charge in [-0.3, -0.25) is 4.79 Å². The molecule has 0 radical (unpaired) electrons. The third-order valence-electron chi connectivity index (χ3n) is 3.45. The van der Waals surface area contributed by atoms with Crippen LogP contribution in [0.1, 0.15) is 12.6 Å². The number of hydrogen-bond donors (Lipinski definition) is 1. The summed E-state index contributed by atoms with van der Waals surface area (Å²) in [5, 5.41) is 13.5. The number of carbonyl (C=O) groups excluding carboxylic acids is 1. The molecule has 3 rings (SSSR count). The topological polar surface area (TPSA) is 72.7 Å². The van der Waals surface area contributed by atoms with E-state index >= 15 is 0 Å². The normalized spacial score (nSPS) is 12.2. The van der Waals surface area contributed by atoms with Crippen molar-refractivity contribution in [3.63, 3.8) is 0 Å². The summed E-state index contributed by atoms with van der Waals surface area (Å²) in [6, 6.07) is 6.39. The van der Waals surface area contributed by atoms with Crippen LogP contribution in [-0.2, 0) is 11.8 Å². The quantitative estimate of drug-likeness (QED) is 0.689. The summed E-state index contributed by atoms with van der Waals surface area (Å²) in [4.78, 5) is 16.5. The molecule has 0 saturated heterocycles. The van der Waals surface area contributed by atoms with Gasteiger partial charge in [-0.15, -0.1) is 21.5 Å². The molecule has 0 fully saturated rings. The molecule has 0 bridgehead atoms. The number of hydrogen-bond acceptors (Lipinski definition) is 6. The van der Waals surface area contributed by atoms with Gasteiger partial charge in [0.15, 0.2) is 16.1 Å². The summed E-state index contributed by atoms with van der Waals surface area (Å²) in [5.74, 6) is -0.113. The van der Waals surface area contributed by atoms with Crippen molar-refractivity contribution in [2.75, 3.05) is 5.32 Å². The first-order valence-corrected chi connectivity index (χ1v) is 9.25. The van der Waals surface area contributed by atoms with Crippen molar-refractivity contribution in [3.05, 3.63) is 41.2 Å². The minimum absolute atomic E-state index is 0.171. The zero-order valence-corrected chi connectivity index (χ0v) is 15.5. The Morgan fingerprint density at radius 1 is 1.36 bits per heavy atom. The molecule has 1 aromatic carbocycles. The highest BCUT2D eigenvalue weighted by Gasteiger charge is 2.21. The van der Waals surface area contributed by atoms with E-state index in [0.29, 0.717) is 21.7 Å². The van der Waals surface area contributed by atoms with Crippen LogP contribution < -0.4 is 5.32 Å². The SMILES string of the molecule is Cc1csc(NC(=O)C(C)Sc2nnc(-c3ccccc3F)n2C)n1. The maximum absolute atomic E-state index is 13.9. The third kappa shape index (κ3) is 3.88. The Labute approximate surface area is 152 Å². The Hall–Kier alpha value is -2.26. The Balaban J connectivity index is 1.73. The summed E-state index contributed by atoms with van der Waals surface area (Å²) in [5.41, 5.74) is 1.24. The van der Waals surface area contributed by atoms with E-state index in [1.54, 1.807) is 36.7 Å². The number of nitrogens with zero attached hydrogens (tertiary/aromatic N) is 4. The number of carbonyl (C=O) groups is 1. The van der Waals surface area contributed by atoms with E-state index in [1.807, 2.05) is 12.3 Å². The average Bonchev–Trinajstić information content (AvgIpc) is 3.14. The number of amides is 1. The molecule has 130 valence electrons. The molecule has 3 aromatic rings. The van der Waals surface area contributed by atoms with Crippen molar-refractivity contribution in [2.45, 2.75) is 24.3 Å². The van der Waals surface area contributed by atoms with Gasteiger partial charge in [-0.05, 0) is 26.0 Å². The molecule has 2 heterocycles. The fraction of sp³-hybridized carbons (Fsp3) is 0.250. The van der Waals surface area contributed by atoms with Gasteiger partial charge in [-0.25, -0.2) is 9.37 Å². The lowest BCUT2D eigenvalue weighted by atomic mass is 10.2. The van der Waals surface area contributed by atoms with Crippen molar-refractivity contribution < 1.29 is 9.18 Å². The van der Waals surface area contributed by atoms with Crippen LogP contribution in [0.3, 0.4) is 0 Å². The predicted octanol–water partition coefficient (Wildman–Crippen LogP) is 3.51. The molecule has 25 heavy (non-hydrogen) atoms. The average molecular weight is 377 g/mol. The second-order valence-electron chi connectivity index (χ2n) is 5.39. The van der Waals surface area contributed by atoms with Gasteiger partial charge >= 0.3 is 0 Å². The van der Waals surface area contributed by atoms with Crippen LogP contribution in [-0.4, -0.2) is 30.9 Å². The van der Waals surface area contributed by atoms with Crippen molar-refractivity contribution >= 4 is 34.1 Å². The summed E-state index contributed by atoms with van der Waals surface area (Å²) < 4.78 is 15.6. The van der Waals surface area contributed by atoms with E-state index in [1.165, 1.54) is 29.2 Å². The van der Waals surface area contributed by atoms with Gasteiger partial charge in [0.1, 0.15) is 5.82 Å². The molecule has 0 saturated carbocycles. The van der Waals surface area contributed by atoms with Crippen LogP contribution in [0.25, 0.3) is 11.4 Å². The number of halogens is 1. The van der Waals surface area contributed by atoms with Crippen molar-refractivity contribution in [1.82, 2.24) is 19.7 Å². The van der Waals surface area contributed by atoms with E-state index in [0.717, 1.165) is 5.69 Å². The maximum atomic E-state index is 13.9. The second kappa shape index (κ2) is 7.32. The van der Waals surface area contributed by atoms with Crippen molar-refractivity contribution in [1.29, 1.82) is 0 Å². The molecule has 6 nitrogen and oxygen atoms in total. The number of benzene rings is 1. The first-order chi connectivity index (χ1) is 12.0. The molecule has 1 unspecified atom stereocenters. The fourth-order valence-corrected chi connectivity index (χ4v) is 3.63. The second-order valence-corrected chi connectivity index (χ2v) is 7.55. The number of nitrogens with one attached hydrogen (secondary N) is 1. The number of thioether (sulfide) groups is 1. The lowest BCUT2D eigenvalue weighted by Crippen LogP contribution is -2.22. The molecule has 9 heteroatoms. The predicted molar refractivity (Wildman–Crippen MR) is 97.2 cm³/mol. The number of aryl methyl sites for hydroxylation is 1. The molecule has 0 aliphatic rings. The van der Waals surface area contributed by atoms with Crippen LogP contribution >= 0.6 is 23.1 Å². The Kier molecular flexibility index (Phi) is 5.14. The summed E-state index contributed by atoms with van der Waals surface area (Å²) in [6.07, 6.45) is 0. The van der Waals surface area contributed by atoms with E-state index < -0.39 is 5.25 Å². The monoisotopic (exact) mass is 377 g/mol. The first-order valence-electron chi connectivity index (χ1n) is 7.49. The van der Waals surface area contributed by atoms with Gasteiger partial charge in [-0.2, -0.15) is 0 Å². The highest BCUT2D eigenvalue weighted by Crippen LogP contribution is 2.27. The van der Waals surface area contributed by atoms with E-state index in [9.17, 15) is 9.18 Å². The Bertz CT molecular complexity index is 908. The van der Waals surface area contributed by atoms with Gasteiger partial charge in [-0.1, -0.05) is 23.9 Å². The Morgan fingerprint density at radius 3 is 2.80 bits per heavy atom. The molecular formula is C16H16FN5OS2. The van der Waals surface area contributed by atoms with Gasteiger partial charge in [0.25, 0.3) is 0 Å². The van der Waals surface area contributed by atoms with Crippen LogP contribution in [0.2, 0.25) is 0 Å². The van der Waals surface area contributed by atoms with Gasteiger partial charge in [0.05, 0.1) is 16.5 Å². The first kappa shape index (κ1) is 17.6. The van der Waals surface area contributed by atoms with Crippen LogP contribution in [0.15, 0.2) is 34.8 Å². The highest BCUT2D eigenvalue weighted by atomic mass is 32.2. The molecular weight excluding hydrogens is 361 g/mol. The van der Waals surface area contributed by atoms with Crippen LogP contribution in [0.4, 0.5) is 9.52 Å². The number of aromatic nitrogens is 4. The minimum atomic E-state index is -0.402. The summed E-state index contributed by atoms with van der Waals surface area (Å²) >= 11 is 2.64. The molecule has 2 aromatic heterocycles. The van der Waals surface area contributed by atoms with E-state index in [2.05, 4.69) is 20.5 Å². The van der Waals surface area contributed by atoms with E-state index in [4.69, 9.17) is 0 Å². The number of rotatable bonds is 5. The maximum Gasteiger partial charge on any atom is 0.239 e. The lowest BCUT2D eigenvalue weighted by molar-refractivity contribution is -0.115. The van der Waals surface area contributed by atoms with Crippen molar-refractivity contribution in [3.8, 4) is 11.4 Å². The summed E-state index contributed by atoms with van der Waals surface area (Å²) in [7, 11) is 1.75. The zero-order valence-electron chi connectivity index (χ0n) is 13.9. The molecule has 0 aliphatic heterocycles. The number of thiazole rings is 1. The van der Waals surface area contributed by atoms with Crippen LogP contribution in [0, 0.1) is 12.7 Å². The molecule has 1 amide bonds. The van der Waals surface area contributed by atoms with Crippen LogP contribution in [0.5, 0.6) is 0 Å². The third-order valence-corrected chi connectivity index (χ3v) is 5.46. The fourth-order valence-electron chi connectivity index (χ4n) is 2.12. The lowest BCUT2D eigenvalue weighted by Gasteiger charge is -2.10. The molecule has 0 aliphatic carbocycles. The van der Waals surface area contributed by atoms with Crippen molar-refractivity contribution in [2.24, 2.45) is 7.05 Å². The van der Waals surface area contributed by atoms with Gasteiger partial charge in [0, 0.05) is 12.4 Å². The highest BCUT2D eigenvalue weighted by molar-refractivity contribution is 8.00. The van der Waals surface area contributed by atoms with Gasteiger partial charge < -0.3 is 9.88 Å². The smallest absolute Gasteiger partial charge is 0.239 e.